The second-order valence-corrected chi connectivity index (χ2v) is 8.38. The van der Waals surface area contributed by atoms with Gasteiger partial charge in [-0.2, -0.15) is 4.98 Å². The number of carbonyl (C=O) groups is 1. The van der Waals surface area contributed by atoms with Gasteiger partial charge in [0.2, 0.25) is 5.91 Å². The van der Waals surface area contributed by atoms with Crippen molar-refractivity contribution < 1.29 is 14.1 Å². The van der Waals surface area contributed by atoms with E-state index in [9.17, 15) is 4.79 Å². The van der Waals surface area contributed by atoms with Crippen LogP contribution < -0.4 is 15.0 Å². The normalized spacial score (nSPS) is 17.3. The average Bonchev–Trinajstić information content (AvgIpc) is 3.22. The minimum absolute atomic E-state index is 0.0851. The molecular formula is C22H30N4O3. The fourth-order valence-corrected chi connectivity index (χ4v) is 4.00. The van der Waals surface area contributed by atoms with Crippen LogP contribution in [0.3, 0.4) is 0 Å². The zero-order valence-electron chi connectivity index (χ0n) is 17.3. The van der Waals surface area contributed by atoms with E-state index in [0.717, 1.165) is 62.5 Å². The van der Waals surface area contributed by atoms with Gasteiger partial charge in [-0.25, -0.2) is 0 Å². The van der Waals surface area contributed by atoms with Crippen LogP contribution in [0.4, 0.5) is 11.7 Å². The first kappa shape index (κ1) is 19.7. The van der Waals surface area contributed by atoms with E-state index < -0.39 is 0 Å². The van der Waals surface area contributed by atoms with Crippen molar-refractivity contribution in [3.8, 4) is 5.75 Å². The molecule has 7 nitrogen and oxygen atoms in total. The summed E-state index contributed by atoms with van der Waals surface area (Å²) in [5.74, 6) is 2.70. The predicted octanol–water partition coefficient (Wildman–Crippen LogP) is 4.15. The molecule has 0 aliphatic carbocycles. The Balaban J connectivity index is 1.17. The molecule has 1 amide bonds. The molecule has 0 bridgehead atoms. The van der Waals surface area contributed by atoms with Crippen LogP contribution in [-0.4, -0.2) is 35.7 Å². The quantitative estimate of drug-likeness (QED) is 0.706. The molecule has 0 unspecified atom stereocenters. The average molecular weight is 399 g/mol. The molecule has 29 heavy (non-hydrogen) atoms. The highest BCUT2D eigenvalue weighted by Gasteiger charge is 2.23. The van der Waals surface area contributed by atoms with Gasteiger partial charge in [-0.1, -0.05) is 25.1 Å². The molecule has 0 atom stereocenters. The fraction of sp³-hybridized carbons (Fsp3) is 0.591. The second-order valence-electron chi connectivity index (χ2n) is 8.38. The molecule has 0 spiro atoms. The van der Waals surface area contributed by atoms with E-state index in [0.29, 0.717) is 25.0 Å². The molecular weight excluding hydrogens is 368 g/mol. The Kier molecular flexibility index (Phi) is 6.02. The molecule has 7 heteroatoms. The van der Waals surface area contributed by atoms with Gasteiger partial charge >= 0.3 is 6.01 Å². The van der Waals surface area contributed by atoms with Crippen molar-refractivity contribution in [2.45, 2.75) is 58.3 Å². The summed E-state index contributed by atoms with van der Waals surface area (Å²) in [6.07, 6.45) is 5.86. The van der Waals surface area contributed by atoms with Crippen molar-refractivity contribution in [1.82, 2.24) is 10.1 Å². The molecule has 1 aromatic heterocycles. The van der Waals surface area contributed by atoms with Crippen molar-refractivity contribution in [2.24, 2.45) is 5.92 Å². The summed E-state index contributed by atoms with van der Waals surface area (Å²) in [5.41, 5.74) is 2.08. The Labute approximate surface area is 171 Å². The van der Waals surface area contributed by atoms with E-state index in [1.54, 1.807) is 0 Å². The van der Waals surface area contributed by atoms with Crippen molar-refractivity contribution in [1.29, 1.82) is 0 Å². The summed E-state index contributed by atoms with van der Waals surface area (Å²) in [6.45, 7) is 6.78. The van der Waals surface area contributed by atoms with Crippen molar-refractivity contribution in [3.05, 3.63) is 29.6 Å². The second kappa shape index (κ2) is 8.84. The van der Waals surface area contributed by atoms with Gasteiger partial charge in [0.15, 0.2) is 5.82 Å². The number of hydrogen-bond donors (Lipinski definition) is 1. The number of benzene rings is 1. The van der Waals surface area contributed by atoms with Gasteiger partial charge in [0.05, 0.1) is 6.61 Å². The summed E-state index contributed by atoms with van der Waals surface area (Å²) in [7, 11) is 0. The van der Waals surface area contributed by atoms with Gasteiger partial charge in [0, 0.05) is 37.2 Å². The van der Waals surface area contributed by atoms with E-state index in [-0.39, 0.29) is 11.8 Å². The minimum atomic E-state index is 0.0851. The molecule has 1 saturated heterocycles. The molecule has 2 aliphatic heterocycles. The lowest BCUT2D eigenvalue weighted by molar-refractivity contribution is -0.116. The van der Waals surface area contributed by atoms with Gasteiger partial charge < -0.3 is 19.5 Å². The molecule has 1 aromatic carbocycles. The molecule has 2 aliphatic rings. The molecule has 2 aromatic rings. The Morgan fingerprint density at radius 1 is 1.28 bits per heavy atom. The lowest BCUT2D eigenvalue weighted by Gasteiger charge is -2.30. The lowest BCUT2D eigenvalue weighted by Crippen LogP contribution is -2.34. The number of rotatable bonds is 7. The number of piperidine rings is 1. The number of nitrogens with zero attached hydrogens (tertiary/aromatic N) is 3. The lowest BCUT2D eigenvalue weighted by atomic mass is 9.92. The van der Waals surface area contributed by atoms with Crippen LogP contribution in [-0.2, 0) is 11.2 Å². The third kappa shape index (κ3) is 4.89. The Hall–Kier alpha value is -2.57. The molecule has 4 rings (SSSR count). The molecule has 3 heterocycles. The van der Waals surface area contributed by atoms with Crippen LogP contribution in [0.2, 0.25) is 0 Å². The highest BCUT2D eigenvalue weighted by atomic mass is 16.5. The van der Waals surface area contributed by atoms with Gasteiger partial charge in [-0.15, -0.1) is 0 Å². The van der Waals surface area contributed by atoms with Crippen molar-refractivity contribution in [2.75, 3.05) is 29.9 Å². The standard InChI is InChI=1S/C22H30N4O3/c1-15(2)21-24-22(29-25-21)26-11-9-16(10-12-26)4-3-13-28-18-7-5-17-6-8-20(27)23-19(17)14-18/h5,7,14-16H,3-4,6,8-13H2,1-2H3,(H,23,27). The third-order valence-corrected chi connectivity index (χ3v) is 5.83. The van der Waals surface area contributed by atoms with Crippen LogP contribution in [0.1, 0.15) is 63.3 Å². The highest BCUT2D eigenvalue weighted by molar-refractivity contribution is 5.94. The number of anilines is 2. The topological polar surface area (TPSA) is 80.5 Å². The highest BCUT2D eigenvalue weighted by Crippen LogP contribution is 2.28. The first-order valence-corrected chi connectivity index (χ1v) is 10.7. The van der Waals surface area contributed by atoms with E-state index in [2.05, 4.69) is 40.3 Å². The van der Waals surface area contributed by atoms with E-state index in [4.69, 9.17) is 9.26 Å². The van der Waals surface area contributed by atoms with Gasteiger partial charge in [0.25, 0.3) is 0 Å². The molecule has 1 fully saturated rings. The fourth-order valence-electron chi connectivity index (χ4n) is 4.00. The number of aromatic nitrogens is 2. The van der Waals surface area contributed by atoms with E-state index in [1.165, 1.54) is 5.56 Å². The van der Waals surface area contributed by atoms with Gasteiger partial charge in [0.1, 0.15) is 5.75 Å². The monoisotopic (exact) mass is 398 g/mol. The smallest absolute Gasteiger partial charge is 0.324 e. The van der Waals surface area contributed by atoms with Gasteiger partial charge in [-0.3, -0.25) is 4.79 Å². The number of carbonyl (C=O) groups excluding carboxylic acids is 1. The Morgan fingerprint density at radius 3 is 2.86 bits per heavy atom. The maximum Gasteiger partial charge on any atom is 0.324 e. The third-order valence-electron chi connectivity index (χ3n) is 5.83. The SMILES string of the molecule is CC(C)c1noc(N2CCC(CCCOc3ccc4c(c3)NC(=O)CC4)CC2)n1. The molecule has 156 valence electrons. The molecule has 1 N–H and O–H groups in total. The van der Waals surface area contributed by atoms with Crippen LogP contribution in [0.5, 0.6) is 5.75 Å². The van der Waals surface area contributed by atoms with Crippen LogP contribution in [0.15, 0.2) is 22.7 Å². The zero-order valence-corrected chi connectivity index (χ0v) is 17.3. The largest absolute Gasteiger partial charge is 0.494 e. The number of nitrogens with one attached hydrogen (secondary N) is 1. The first-order chi connectivity index (χ1) is 14.1. The zero-order chi connectivity index (χ0) is 20.2. The van der Waals surface area contributed by atoms with Gasteiger partial charge in [-0.05, 0) is 49.7 Å². The summed E-state index contributed by atoms with van der Waals surface area (Å²) in [5, 5.41) is 6.99. The molecule has 0 saturated carbocycles. The summed E-state index contributed by atoms with van der Waals surface area (Å²) < 4.78 is 11.3. The number of hydrogen-bond acceptors (Lipinski definition) is 6. The van der Waals surface area contributed by atoms with E-state index in [1.807, 2.05) is 12.1 Å². The van der Waals surface area contributed by atoms with Crippen molar-refractivity contribution in [3.63, 3.8) is 0 Å². The first-order valence-electron chi connectivity index (χ1n) is 10.7. The summed E-state index contributed by atoms with van der Waals surface area (Å²) in [6, 6.07) is 6.67. The Bertz CT molecular complexity index is 840. The van der Waals surface area contributed by atoms with Crippen molar-refractivity contribution >= 4 is 17.6 Å². The predicted molar refractivity (Wildman–Crippen MR) is 111 cm³/mol. The number of amides is 1. The number of fused-ring (bicyclic) bond motifs is 1. The maximum absolute atomic E-state index is 11.5. The van der Waals surface area contributed by atoms with Crippen LogP contribution in [0.25, 0.3) is 0 Å². The van der Waals surface area contributed by atoms with E-state index >= 15 is 0 Å². The Morgan fingerprint density at radius 2 is 2.10 bits per heavy atom. The summed E-state index contributed by atoms with van der Waals surface area (Å²) >= 11 is 0. The summed E-state index contributed by atoms with van der Waals surface area (Å²) in [4.78, 5) is 18.3. The maximum atomic E-state index is 11.5. The number of ether oxygens (including phenoxy) is 1. The minimum Gasteiger partial charge on any atom is -0.494 e. The number of aryl methyl sites for hydroxylation is 1. The van der Waals surface area contributed by atoms with Crippen LogP contribution >= 0.6 is 0 Å². The molecule has 0 radical (unpaired) electrons. The van der Waals surface area contributed by atoms with Crippen LogP contribution in [0, 0.1) is 5.92 Å².